The normalized spacial score (nSPS) is 29.3. The molecule has 7 nitrogen and oxygen atoms in total. The van der Waals surface area contributed by atoms with Gasteiger partial charge in [-0.3, -0.25) is 14.9 Å². The molecular formula is C29H35FN4O3. The van der Waals surface area contributed by atoms with Crippen LogP contribution in [0.2, 0.25) is 0 Å². The SMILES string of the molecule is C[C@@H](Nc1cc(N2CCN(C(=O)c3ccccc3F)CC2)ccc1[N+](=O)[O-])C12CC3CC(CC(C3)C1)C2. The van der Waals surface area contributed by atoms with Crippen molar-refractivity contribution in [1.29, 1.82) is 0 Å². The Kier molecular flexibility index (Phi) is 6.08. The number of halogens is 1. The quantitative estimate of drug-likeness (QED) is 0.401. The number of carbonyl (C=O) groups excluding carboxylic acids is 1. The summed E-state index contributed by atoms with van der Waals surface area (Å²) in [4.78, 5) is 28.2. The van der Waals surface area contributed by atoms with Gasteiger partial charge in [0.2, 0.25) is 0 Å². The number of nitrogens with zero attached hydrogens (tertiary/aromatic N) is 3. The van der Waals surface area contributed by atoms with Crippen LogP contribution in [0.3, 0.4) is 0 Å². The maximum atomic E-state index is 14.1. The topological polar surface area (TPSA) is 78.7 Å². The summed E-state index contributed by atoms with van der Waals surface area (Å²) >= 11 is 0. The Labute approximate surface area is 217 Å². The van der Waals surface area contributed by atoms with E-state index in [1.807, 2.05) is 6.07 Å². The first-order chi connectivity index (χ1) is 17.8. The molecule has 5 aliphatic rings. The van der Waals surface area contributed by atoms with Gasteiger partial charge < -0.3 is 15.1 Å². The lowest BCUT2D eigenvalue weighted by Crippen LogP contribution is -2.53. The molecule has 2 aromatic rings. The molecule has 4 bridgehead atoms. The summed E-state index contributed by atoms with van der Waals surface area (Å²) in [6.07, 6.45) is 7.81. The number of hydrogen-bond donors (Lipinski definition) is 1. The van der Waals surface area contributed by atoms with Crippen molar-refractivity contribution in [2.75, 3.05) is 36.4 Å². The Morgan fingerprint density at radius 3 is 2.24 bits per heavy atom. The van der Waals surface area contributed by atoms with Gasteiger partial charge in [0.05, 0.1) is 10.5 Å². The first kappa shape index (κ1) is 24.2. The highest BCUT2D eigenvalue weighted by Gasteiger charge is 2.53. The number of nitro groups is 1. The van der Waals surface area contributed by atoms with E-state index in [2.05, 4.69) is 17.1 Å². The van der Waals surface area contributed by atoms with Crippen LogP contribution < -0.4 is 10.2 Å². The van der Waals surface area contributed by atoms with E-state index in [1.165, 1.54) is 50.7 Å². The zero-order chi connectivity index (χ0) is 25.7. The second kappa shape index (κ2) is 9.30. The number of piperazine rings is 1. The highest BCUT2D eigenvalue weighted by atomic mass is 19.1. The smallest absolute Gasteiger partial charge is 0.292 e. The molecule has 0 aromatic heterocycles. The molecule has 4 aliphatic carbocycles. The standard InChI is InChI=1S/C29H35FN4O3/c1-19(29-16-20-12-21(17-29)14-22(13-20)18-29)31-26-15-23(6-7-27(26)34(36)37)32-8-10-33(11-9-32)28(35)24-4-2-3-5-25(24)30/h2-7,15,19-22,31H,8-14,16-18H2,1H3/t19-,20?,21?,22?,29?/m1/s1. The van der Waals surface area contributed by atoms with Crippen LogP contribution in [-0.2, 0) is 0 Å². The molecule has 1 aliphatic heterocycles. The van der Waals surface area contributed by atoms with Gasteiger partial charge in [-0.2, -0.15) is 0 Å². The fraction of sp³-hybridized carbons (Fsp3) is 0.552. The summed E-state index contributed by atoms with van der Waals surface area (Å²) in [5.74, 6) is 1.66. The molecule has 4 saturated carbocycles. The van der Waals surface area contributed by atoms with Crippen LogP contribution in [0.1, 0.15) is 55.8 Å². The second-order valence-corrected chi connectivity index (χ2v) is 11.9. The van der Waals surface area contributed by atoms with E-state index in [-0.39, 0.29) is 33.5 Å². The van der Waals surface area contributed by atoms with Crippen LogP contribution in [0.5, 0.6) is 0 Å². The third kappa shape index (κ3) is 4.44. The molecule has 1 atom stereocenters. The lowest BCUT2D eigenvalue weighted by molar-refractivity contribution is -0.384. The summed E-state index contributed by atoms with van der Waals surface area (Å²) < 4.78 is 14.1. The van der Waals surface area contributed by atoms with Gasteiger partial charge in [0.15, 0.2) is 0 Å². The number of carbonyl (C=O) groups is 1. The predicted molar refractivity (Wildman–Crippen MR) is 141 cm³/mol. The Balaban J connectivity index is 1.17. The van der Waals surface area contributed by atoms with Gasteiger partial charge in [0.1, 0.15) is 11.5 Å². The summed E-state index contributed by atoms with van der Waals surface area (Å²) in [6.45, 7) is 4.33. The molecule has 1 heterocycles. The largest absolute Gasteiger partial charge is 0.376 e. The summed E-state index contributed by atoms with van der Waals surface area (Å²) in [7, 11) is 0. The number of nitrogens with one attached hydrogen (secondary N) is 1. The highest BCUT2D eigenvalue weighted by Crippen LogP contribution is 2.61. The number of benzene rings is 2. The van der Waals surface area contributed by atoms with Crippen molar-refractivity contribution >= 4 is 23.0 Å². The lowest BCUT2D eigenvalue weighted by Gasteiger charge is -2.59. The summed E-state index contributed by atoms with van der Waals surface area (Å²) in [6, 6.07) is 11.5. The number of anilines is 2. The number of hydrogen-bond acceptors (Lipinski definition) is 5. The van der Waals surface area contributed by atoms with Gasteiger partial charge in [-0.25, -0.2) is 4.39 Å². The minimum atomic E-state index is -0.505. The molecule has 5 fully saturated rings. The number of amides is 1. The Bertz CT molecular complexity index is 1170. The van der Waals surface area contributed by atoms with Gasteiger partial charge >= 0.3 is 0 Å². The van der Waals surface area contributed by atoms with E-state index >= 15 is 0 Å². The summed E-state index contributed by atoms with van der Waals surface area (Å²) in [5.41, 5.74) is 1.92. The fourth-order valence-corrected chi connectivity index (χ4v) is 8.06. The van der Waals surface area contributed by atoms with E-state index in [0.717, 1.165) is 23.4 Å². The minimum Gasteiger partial charge on any atom is -0.376 e. The van der Waals surface area contributed by atoms with Crippen molar-refractivity contribution in [3.05, 3.63) is 64.0 Å². The first-order valence-corrected chi connectivity index (χ1v) is 13.6. The highest BCUT2D eigenvalue weighted by molar-refractivity contribution is 5.94. The molecule has 37 heavy (non-hydrogen) atoms. The maximum Gasteiger partial charge on any atom is 0.292 e. The van der Waals surface area contributed by atoms with E-state index < -0.39 is 5.82 Å². The van der Waals surface area contributed by atoms with Gasteiger partial charge in [0, 0.05) is 44.0 Å². The molecule has 196 valence electrons. The van der Waals surface area contributed by atoms with Gasteiger partial charge in [-0.1, -0.05) is 12.1 Å². The second-order valence-electron chi connectivity index (χ2n) is 11.9. The summed E-state index contributed by atoms with van der Waals surface area (Å²) in [5, 5.41) is 15.5. The van der Waals surface area contributed by atoms with E-state index in [1.54, 1.807) is 29.2 Å². The minimum absolute atomic E-state index is 0.0939. The van der Waals surface area contributed by atoms with E-state index in [0.29, 0.717) is 31.9 Å². The van der Waals surface area contributed by atoms with Crippen LogP contribution in [0, 0.1) is 39.1 Å². The van der Waals surface area contributed by atoms with E-state index in [9.17, 15) is 19.3 Å². The van der Waals surface area contributed by atoms with Crippen molar-refractivity contribution in [3.8, 4) is 0 Å². The molecule has 1 saturated heterocycles. The molecule has 2 aromatic carbocycles. The van der Waals surface area contributed by atoms with Crippen LogP contribution in [0.15, 0.2) is 42.5 Å². The zero-order valence-electron chi connectivity index (χ0n) is 21.4. The van der Waals surface area contributed by atoms with Gasteiger partial charge in [-0.05, 0) is 92.9 Å². The van der Waals surface area contributed by atoms with Gasteiger partial charge in [-0.15, -0.1) is 0 Å². The molecule has 1 amide bonds. The molecule has 1 N–H and O–H groups in total. The van der Waals surface area contributed by atoms with Crippen LogP contribution >= 0.6 is 0 Å². The van der Waals surface area contributed by atoms with Crippen molar-refractivity contribution in [1.82, 2.24) is 4.90 Å². The molecule has 7 rings (SSSR count). The molecular weight excluding hydrogens is 471 g/mol. The number of rotatable bonds is 6. The monoisotopic (exact) mass is 506 g/mol. The van der Waals surface area contributed by atoms with Crippen LogP contribution in [-0.4, -0.2) is 48.0 Å². The molecule has 8 heteroatoms. The van der Waals surface area contributed by atoms with Crippen molar-refractivity contribution in [2.24, 2.45) is 23.2 Å². The van der Waals surface area contributed by atoms with Crippen molar-refractivity contribution in [2.45, 2.75) is 51.5 Å². The van der Waals surface area contributed by atoms with Crippen LogP contribution in [0.25, 0.3) is 0 Å². The van der Waals surface area contributed by atoms with Crippen molar-refractivity contribution < 1.29 is 14.1 Å². The average molecular weight is 507 g/mol. The Hall–Kier alpha value is -3.16. The average Bonchev–Trinajstić information content (AvgIpc) is 2.88. The van der Waals surface area contributed by atoms with E-state index in [4.69, 9.17) is 0 Å². The molecule has 0 unspecified atom stereocenters. The van der Waals surface area contributed by atoms with Crippen molar-refractivity contribution in [3.63, 3.8) is 0 Å². The lowest BCUT2D eigenvalue weighted by atomic mass is 9.48. The fourth-order valence-electron chi connectivity index (χ4n) is 8.06. The zero-order valence-corrected chi connectivity index (χ0v) is 21.4. The van der Waals surface area contributed by atoms with Crippen LogP contribution in [0.4, 0.5) is 21.5 Å². The third-order valence-electron chi connectivity index (χ3n) is 9.59. The number of nitro benzene ring substituents is 1. The van der Waals surface area contributed by atoms with Gasteiger partial charge in [0.25, 0.3) is 11.6 Å². The third-order valence-corrected chi connectivity index (χ3v) is 9.59. The Morgan fingerprint density at radius 2 is 1.65 bits per heavy atom. The first-order valence-electron chi connectivity index (χ1n) is 13.6. The molecule has 0 spiro atoms. The Morgan fingerprint density at radius 1 is 1.03 bits per heavy atom. The predicted octanol–water partition coefficient (Wildman–Crippen LogP) is 5.71. The molecule has 0 radical (unpaired) electrons. The maximum absolute atomic E-state index is 14.1.